The maximum Gasteiger partial charge on any atom is 0.261 e. The second-order valence-corrected chi connectivity index (χ2v) is 7.08. The summed E-state index contributed by atoms with van der Waals surface area (Å²) >= 11 is 5.95. The highest BCUT2D eigenvalue weighted by Gasteiger charge is 2.19. The first-order valence-electron chi connectivity index (χ1n) is 9.00. The number of benzene rings is 1. The van der Waals surface area contributed by atoms with E-state index in [1.165, 1.54) is 25.9 Å². The Kier molecular flexibility index (Phi) is 7.86. The standard InChI is InChI=1S/C19H29ClN2O2/c1-3-18(24-17-7-4-6-16(20)14-17)19(23)21-10-5-11-22-12-8-15(2)9-13-22/h4,6-7,14-15,18H,3,5,8-13H2,1-2H3,(H,21,23)/t18-/m0/s1. The van der Waals surface area contributed by atoms with Crippen LogP contribution in [-0.2, 0) is 4.79 Å². The van der Waals surface area contributed by atoms with Gasteiger partial charge in [0.2, 0.25) is 0 Å². The summed E-state index contributed by atoms with van der Waals surface area (Å²) < 4.78 is 5.76. The highest BCUT2D eigenvalue weighted by atomic mass is 35.5. The molecule has 0 aliphatic carbocycles. The van der Waals surface area contributed by atoms with E-state index in [0.29, 0.717) is 23.7 Å². The molecular weight excluding hydrogens is 324 g/mol. The lowest BCUT2D eigenvalue weighted by molar-refractivity contribution is -0.128. The number of halogens is 1. The Morgan fingerprint density at radius 1 is 1.42 bits per heavy atom. The number of nitrogens with zero attached hydrogens (tertiary/aromatic N) is 1. The number of amides is 1. The lowest BCUT2D eigenvalue weighted by Gasteiger charge is -2.30. The Balaban J connectivity index is 1.68. The number of piperidine rings is 1. The third-order valence-electron chi connectivity index (χ3n) is 4.56. The Bertz CT molecular complexity index is 516. The smallest absolute Gasteiger partial charge is 0.261 e. The van der Waals surface area contributed by atoms with Gasteiger partial charge in [0.1, 0.15) is 5.75 Å². The second kappa shape index (κ2) is 9.90. The molecule has 1 fully saturated rings. The average molecular weight is 353 g/mol. The molecule has 1 saturated heterocycles. The van der Waals surface area contributed by atoms with Crippen molar-refractivity contribution in [3.63, 3.8) is 0 Å². The van der Waals surface area contributed by atoms with Crippen LogP contribution in [0.25, 0.3) is 0 Å². The van der Waals surface area contributed by atoms with Gasteiger partial charge in [-0.3, -0.25) is 4.79 Å². The van der Waals surface area contributed by atoms with Crippen LogP contribution in [-0.4, -0.2) is 43.1 Å². The minimum atomic E-state index is -0.473. The summed E-state index contributed by atoms with van der Waals surface area (Å²) in [6.45, 7) is 8.39. The SMILES string of the molecule is CC[C@H](Oc1cccc(Cl)c1)C(=O)NCCCN1CCC(C)CC1. The van der Waals surface area contributed by atoms with Crippen LogP contribution in [0, 0.1) is 5.92 Å². The van der Waals surface area contributed by atoms with Crippen molar-refractivity contribution in [2.45, 2.75) is 45.6 Å². The molecule has 0 aromatic heterocycles. The molecule has 1 aliphatic heterocycles. The van der Waals surface area contributed by atoms with E-state index in [2.05, 4.69) is 17.1 Å². The van der Waals surface area contributed by atoms with Gasteiger partial charge in [-0.1, -0.05) is 31.5 Å². The van der Waals surface area contributed by atoms with E-state index >= 15 is 0 Å². The number of hydrogen-bond acceptors (Lipinski definition) is 3. The number of ether oxygens (including phenoxy) is 1. The molecule has 1 aromatic rings. The molecule has 2 rings (SSSR count). The van der Waals surface area contributed by atoms with Crippen LogP contribution in [0.5, 0.6) is 5.75 Å². The molecule has 1 amide bonds. The van der Waals surface area contributed by atoms with Crippen LogP contribution in [0.1, 0.15) is 39.5 Å². The van der Waals surface area contributed by atoms with Crippen LogP contribution >= 0.6 is 11.6 Å². The van der Waals surface area contributed by atoms with Crippen LogP contribution in [0.4, 0.5) is 0 Å². The molecule has 1 atom stereocenters. The van der Waals surface area contributed by atoms with Crippen molar-refractivity contribution < 1.29 is 9.53 Å². The summed E-state index contributed by atoms with van der Waals surface area (Å²) in [7, 11) is 0. The minimum Gasteiger partial charge on any atom is -0.481 e. The lowest BCUT2D eigenvalue weighted by atomic mass is 9.99. The van der Waals surface area contributed by atoms with E-state index in [0.717, 1.165) is 18.9 Å². The van der Waals surface area contributed by atoms with Crippen molar-refractivity contribution in [1.82, 2.24) is 10.2 Å². The number of rotatable bonds is 8. The predicted molar refractivity (Wildman–Crippen MR) is 98.6 cm³/mol. The lowest BCUT2D eigenvalue weighted by Crippen LogP contribution is -2.40. The Labute approximate surface area is 150 Å². The monoisotopic (exact) mass is 352 g/mol. The van der Waals surface area contributed by atoms with Crippen molar-refractivity contribution in [2.75, 3.05) is 26.2 Å². The summed E-state index contributed by atoms with van der Waals surface area (Å²) in [5.41, 5.74) is 0. The van der Waals surface area contributed by atoms with E-state index in [9.17, 15) is 4.79 Å². The summed E-state index contributed by atoms with van der Waals surface area (Å²) in [5, 5.41) is 3.60. The van der Waals surface area contributed by atoms with Gasteiger partial charge in [0.25, 0.3) is 5.91 Å². The zero-order valence-corrected chi connectivity index (χ0v) is 15.5. The van der Waals surface area contributed by atoms with Crippen LogP contribution in [0.3, 0.4) is 0 Å². The van der Waals surface area contributed by atoms with Gasteiger partial charge >= 0.3 is 0 Å². The fourth-order valence-electron chi connectivity index (χ4n) is 2.94. The number of carbonyl (C=O) groups excluding carboxylic acids is 1. The Hall–Kier alpha value is -1.26. The molecule has 1 aromatic carbocycles. The maximum absolute atomic E-state index is 12.3. The molecular formula is C19H29ClN2O2. The van der Waals surface area contributed by atoms with Gasteiger partial charge in [-0.25, -0.2) is 0 Å². The Morgan fingerprint density at radius 3 is 2.83 bits per heavy atom. The van der Waals surface area contributed by atoms with E-state index in [1.807, 2.05) is 19.1 Å². The zero-order valence-electron chi connectivity index (χ0n) is 14.8. The average Bonchev–Trinajstić information content (AvgIpc) is 2.58. The fourth-order valence-corrected chi connectivity index (χ4v) is 3.12. The zero-order chi connectivity index (χ0) is 17.4. The van der Waals surface area contributed by atoms with E-state index < -0.39 is 6.10 Å². The van der Waals surface area contributed by atoms with E-state index in [1.54, 1.807) is 12.1 Å². The van der Waals surface area contributed by atoms with Crippen LogP contribution in [0.2, 0.25) is 5.02 Å². The molecule has 4 nitrogen and oxygen atoms in total. The van der Waals surface area contributed by atoms with Crippen molar-refractivity contribution in [3.8, 4) is 5.75 Å². The van der Waals surface area contributed by atoms with Crippen molar-refractivity contribution >= 4 is 17.5 Å². The number of likely N-dealkylation sites (tertiary alicyclic amines) is 1. The largest absolute Gasteiger partial charge is 0.481 e. The normalized spacial score (nSPS) is 17.5. The van der Waals surface area contributed by atoms with Crippen LogP contribution in [0.15, 0.2) is 24.3 Å². The molecule has 1 N–H and O–H groups in total. The summed E-state index contributed by atoms with van der Waals surface area (Å²) in [5.74, 6) is 1.44. The van der Waals surface area contributed by atoms with Crippen LogP contribution < -0.4 is 10.1 Å². The summed E-state index contributed by atoms with van der Waals surface area (Å²) in [6.07, 6.45) is 3.71. The molecule has 1 heterocycles. The van der Waals surface area contributed by atoms with Gasteiger partial charge in [-0.05, 0) is 69.4 Å². The van der Waals surface area contributed by atoms with Gasteiger partial charge in [0.15, 0.2) is 6.10 Å². The third kappa shape index (κ3) is 6.33. The molecule has 1 aliphatic rings. The highest BCUT2D eigenvalue weighted by molar-refractivity contribution is 6.30. The second-order valence-electron chi connectivity index (χ2n) is 6.64. The molecule has 0 bridgehead atoms. The van der Waals surface area contributed by atoms with Gasteiger partial charge in [-0.2, -0.15) is 0 Å². The Morgan fingerprint density at radius 2 is 2.17 bits per heavy atom. The highest BCUT2D eigenvalue weighted by Crippen LogP contribution is 2.19. The molecule has 134 valence electrons. The van der Waals surface area contributed by atoms with E-state index in [4.69, 9.17) is 16.3 Å². The third-order valence-corrected chi connectivity index (χ3v) is 4.80. The number of hydrogen-bond donors (Lipinski definition) is 1. The first-order chi connectivity index (χ1) is 11.6. The molecule has 24 heavy (non-hydrogen) atoms. The van der Waals surface area contributed by atoms with Gasteiger partial charge in [0.05, 0.1) is 0 Å². The first kappa shape index (κ1) is 19.1. The molecule has 0 spiro atoms. The van der Waals surface area contributed by atoms with Gasteiger partial charge in [-0.15, -0.1) is 0 Å². The van der Waals surface area contributed by atoms with Crippen molar-refractivity contribution in [3.05, 3.63) is 29.3 Å². The summed E-state index contributed by atoms with van der Waals surface area (Å²) in [4.78, 5) is 14.8. The van der Waals surface area contributed by atoms with Crippen molar-refractivity contribution in [1.29, 1.82) is 0 Å². The maximum atomic E-state index is 12.3. The summed E-state index contributed by atoms with van der Waals surface area (Å²) in [6, 6.07) is 7.16. The minimum absolute atomic E-state index is 0.0512. The molecule has 0 saturated carbocycles. The topological polar surface area (TPSA) is 41.6 Å². The molecule has 0 unspecified atom stereocenters. The van der Waals surface area contributed by atoms with Crippen molar-refractivity contribution in [2.24, 2.45) is 5.92 Å². The number of carbonyl (C=O) groups is 1. The fraction of sp³-hybridized carbons (Fsp3) is 0.632. The number of nitrogens with one attached hydrogen (secondary N) is 1. The quantitative estimate of drug-likeness (QED) is 0.725. The molecule has 5 heteroatoms. The van der Waals surface area contributed by atoms with E-state index in [-0.39, 0.29) is 5.91 Å². The predicted octanol–water partition coefficient (Wildman–Crippen LogP) is 3.74. The van der Waals surface area contributed by atoms with Gasteiger partial charge in [0, 0.05) is 11.6 Å². The first-order valence-corrected chi connectivity index (χ1v) is 9.38. The molecule has 0 radical (unpaired) electrons. The van der Waals surface area contributed by atoms with Gasteiger partial charge < -0.3 is 15.0 Å².